The van der Waals surface area contributed by atoms with Crippen LogP contribution in [0, 0.1) is 0 Å². The summed E-state index contributed by atoms with van der Waals surface area (Å²) in [5.74, 6) is 0. The predicted molar refractivity (Wildman–Crippen MR) is 57.5 cm³/mol. The van der Waals surface area contributed by atoms with Gasteiger partial charge in [0.1, 0.15) is 5.69 Å². The molecule has 1 atom stereocenters. The summed E-state index contributed by atoms with van der Waals surface area (Å²) in [5, 5.41) is 3.11. The van der Waals surface area contributed by atoms with Crippen LogP contribution in [-0.2, 0) is 6.18 Å². The SMILES string of the molecule is CN1CCNCC1c1cccnc1C(F)(F)F. The van der Waals surface area contributed by atoms with Crippen LogP contribution in [0.5, 0.6) is 0 Å². The van der Waals surface area contributed by atoms with Crippen molar-refractivity contribution in [2.24, 2.45) is 0 Å². The smallest absolute Gasteiger partial charge is 0.314 e. The Morgan fingerprint density at radius 2 is 2.24 bits per heavy atom. The van der Waals surface area contributed by atoms with Crippen molar-refractivity contribution in [3.63, 3.8) is 0 Å². The molecule has 17 heavy (non-hydrogen) atoms. The molecule has 1 aromatic heterocycles. The van der Waals surface area contributed by atoms with Gasteiger partial charge in [-0.25, -0.2) is 0 Å². The first-order valence-corrected chi connectivity index (χ1v) is 5.43. The van der Waals surface area contributed by atoms with Gasteiger partial charge in [0.15, 0.2) is 0 Å². The number of nitrogens with zero attached hydrogens (tertiary/aromatic N) is 2. The van der Waals surface area contributed by atoms with Crippen molar-refractivity contribution < 1.29 is 13.2 Å². The molecule has 0 aliphatic carbocycles. The third-order valence-corrected chi connectivity index (χ3v) is 2.98. The second kappa shape index (κ2) is 4.62. The molecule has 0 aromatic carbocycles. The molecule has 1 N–H and O–H groups in total. The van der Waals surface area contributed by atoms with Crippen LogP contribution in [0.2, 0.25) is 0 Å². The lowest BCUT2D eigenvalue weighted by atomic mass is 10.0. The second-order valence-electron chi connectivity index (χ2n) is 4.14. The lowest BCUT2D eigenvalue weighted by molar-refractivity contribution is -0.142. The van der Waals surface area contributed by atoms with Gasteiger partial charge in [-0.1, -0.05) is 6.07 Å². The molecule has 94 valence electrons. The molecule has 1 aliphatic heterocycles. The number of hydrogen-bond donors (Lipinski definition) is 1. The second-order valence-corrected chi connectivity index (χ2v) is 4.14. The number of aromatic nitrogens is 1. The Balaban J connectivity index is 2.37. The summed E-state index contributed by atoms with van der Waals surface area (Å²) >= 11 is 0. The first kappa shape index (κ1) is 12.3. The van der Waals surface area contributed by atoms with Crippen molar-refractivity contribution >= 4 is 0 Å². The van der Waals surface area contributed by atoms with E-state index < -0.39 is 11.9 Å². The van der Waals surface area contributed by atoms with Crippen LogP contribution >= 0.6 is 0 Å². The summed E-state index contributed by atoms with van der Waals surface area (Å²) in [4.78, 5) is 5.40. The van der Waals surface area contributed by atoms with Gasteiger partial charge in [0.25, 0.3) is 0 Å². The molecule has 2 heterocycles. The van der Waals surface area contributed by atoms with Crippen molar-refractivity contribution in [2.45, 2.75) is 12.2 Å². The molecular formula is C11H14F3N3. The number of likely N-dealkylation sites (N-methyl/N-ethyl adjacent to an activating group) is 1. The molecule has 0 radical (unpaired) electrons. The van der Waals surface area contributed by atoms with Gasteiger partial charge >= 0.3 is 6.18 Å². The van der Waals surface area contributed by atoms with Gasteiger partial charge < -0.3 is 5.32 Å². The minimum atomic E-state index is -4.39. The van der Waals surface area contributed by atoms with Gasteiger partial charge in [-0.15, -0.1) is 0 Å². The number of hydrogen-bond acceptors (Lipinski definition) is 3. The van der Waals surface area contributed by atoms with Crippen molar-refractivity contribution in [1.29, 1.82) is 0 Å². The van der Waals surface area contributed by atoms with E-state index in [9.17, 15) is 13.2 Å². The zero-order chi connectivity index (χ0) is 12.5. The van der Waals surface area contributed by atoms with Crippen LogP contribution in [0.4, 0.5) is 13.2 Å². The Morgan fingerprint density at radius 3 is 2.88 bits per heavy atom. The van der Waals surface area contributed by atoms with Gasteiger partial charge in [-0.05, 0) is 13.1 Å². The van der Waals surface area contributed by atoms with E-state index in [1.165, 1.54) is 12.3 Å². The van der Waals surface area contributed by atoms with Crippen LogP contribution < -0.4 is 5.32 Å². The van der Waals surface area contributed by atoms with Crippen LogP contribution in [0.1, 0.15) is 17.3 Å². The van der Waals surface area contributed by atoms with Crippen molar-refractivity contribution in [3.05, 3.63) is 29.6 Å². The molecule has 6 heteroatoms. The minimum absolute atomic E-state index is 0.245. The fourth-order valence-corrected chi connectivity index (χ4v) is 2.08. The maximum atomic E-state index is 12.8. The average molecular weight is 245 g/mol. The van der Waals surface area contributed by atoms with E-state index in [0.717, 1.165) is 13.1 Å². The van der Waals surface area contributed by atoms with Gasteiger partial charge in [-0.2, -0.15) is 13.2 Å². The standard InChI is InChI=1S/C11H14F3N3/c1-17-6-5-15-7-9(17)8-3-2-4-16-10(8)11(12,13)14/h2-4,9,15H,5-7H2,1H3. The topological polar surface area (TPSA) is 28.2 Å². The maximum absolute atomic E-state index is 12.8. The quantitative estimate of drug-likeness (QED) is 0.816. The zero-order valence-electron chi connectivity index (χ0n) is 9.46. The summed E-state index contributed by atoms with van der Waals surface area (Å²) < 4.78 is 38.5. The van der Waals surface area contributed by atoms with Gasteiger partial charge in [-0.3, -0.25) is 9.88 Å². The molecule has 1 aromatic rings. The minimum Gasteiger partial charge on any atom is -0.314 e. The van der Waals surface area contributed by atoms with E-state index in [1.807, 2.05) is 11.9 Å². The summed E-state index contributed by atoms with van der Waals surface area (Å²) in [5.41, 5.74) is -0.532. The Morgan fingerprint density at radius 1 is 1.47 bits per heavy atom. The van der Waals surface area contributed by atoms with E-state index in [-0.39, 0.29) is 11.6 Å². The molecule has 2 rings (SSSR count). The average Bonchev–Trinajstić information content (AvgIpc) is 2.28. The molecule has 0 saturated carbocycles. The molecule has 1 saturated heterocycles. The molecule has 0 amide bonds. The van der Waals surface area contributed by atoms with Crippen molar-refractivity contribution in [3.8, 4) is 0 Å². The number of piperazine rings is 1. The lowest BCUT2D eigenvalue weighted by Gasteiger charge is -2.34. The normalized spacial score (nSPS) is 22.7. The molecule has 1 unspecified atom stereocenters. The Hall–Kier alpha value is -1.14. The third kappa shape index (κ3) is 2.58. The maximum Gasteiger partial charge on any atom is 0.433 e. The summed E-state index contributed by atoms with van der Waals surface area (Å²) in [6.07, 6.45) is -3.21. The molecule has 1 aliphatic rings. The predicted octanol–water partition coefficient (Wildman–Crippen LogP) is 1.68. The molecule has 0 bridgehead atoms. The van der Waals surface area contributed by atoms with Gasteiger partial charge in [0, 0.05) is 37.4 Å². The first-order valence-electron chi connectivity index (χ1n) is 5.43. The highest BCUT2D eigenvalue weighted by atomic mass is 19.4. The van der Waals surface area contributed by atoms with E-state index in [2.05, 4.69) is 10.3 Å². The van der Waals surface area contributed by atoms with E-state index in [4.69, 9.17) is 0 Å². The van der Waals surface area contributed by atoms with Crippen LogP contribution in [0.25, 0.3) is 0 Å². The van der Waals surface area contributed by atoms with Crippen LogP contribution in [-0.4, -0.2) is 36.6 Å². The summed E-state index contributed by atoms with van der Waals surface area (Å²) in [7, 11) is 1.83. The third-order valence-electron chi connectivity index (χ3n) is 2.98. The largest absolute Gasteiger partial charge is 0.433 e. The Kier molecular flexibility index (Phi) is 3.35. The Labute approximate surface area is 97.6 Å². The number of alkyl halides is 3. The van der Waals surface area contributed by atoms with Gasteiger partial charge in [0.2, 0.25) is 0 Å². The zero-order valence-corrected chi connectivity index (χ0v) is 9.46. The summed E-state index contributed by atoms with van der Waals surface area (Å²) in [6, 6.07) is 2.78. The van der Waals surface area contributed by atoms with E-state index in [0.29, 0.717) is 6.54 Å². The monoisotopic (exact) mass is 245 g/mol. The number of nitrogens with one attached hydrogen (secondary N) is 1. The molecule has 0 spiro atoms. The molecular weight excluding hydrogens is 231 g/mol. The highest BCUT2D eigenvalue weighted by Gasteiger charge is 2.38. The molecule has 1 fully saturated rings. The first-order chi connectivity index (χ1) is 8.00. The van der Waals surface area contributed by atoms with Crippen LogP contribution in [0.3, 0.4) is 0 Å². The van der Waals surface area contributed by atoms with Crippen molar-refractivity contribution in [1.82, 2.24) is 15.2 Å². The van der Waals surface area contributed by atoms with Crippen molar-refractivity contribution in [2.75, 3.05) is 26.7 Å². The fourth-order valence-electron chi connectivity index (χ4n) is 2.08. The Bertz CT molecular complexity index is 392. The number of halogens is 3. The van der Waals surface area contributed by atoms with E-state index in [1.54, 1.807) is 6.07 Å². The van der Waals surface area contributed by atoms with Gasteiger partial charge in [0.05, 0.1) is 0 Å². The number of rotatable bonds is 1. The highest BCUT2D eigenvalue weighted by Crippen LogP contribution is 2.34. The fraction of sp³-hybridized carbons (Fsp3) is 0.545. The van der Waals surface area contributed by atoms with Crippen LogP contribution in [0.15, 0.2) is 18.3 Å². The summed E-state index contributed by atoms with van der Waals surface area (Å²) in [6.45, 7) is 2.05. The molecule has 3 nitrogen and oxygen atoms in total. The lowest BCUT2D eigenvalue weighted by Crippen LogP contribution is -2.44. The van der Waals surface area contributed by atoms with E-state index >= 15 is 0 Å². The highest BCUT2D eigenvalue weighted by molar-refractivity contribution is 5.26. The number of pyridine rings is 1.